The number of hydrogen-bond acceptors (Lipinski definition) is 3. The number of likely N-dealkylation sites (N-methyl/N-ethyl adjacent to an activating group) is 1. The summed E-state index contributed by atoms with van der Waals surface area (Å²) < 4.78 is 0. The highest BCUT2D eigenvalue weighted by Gasteiger charge is 2.30. The molecule has 1 atom stereocenters. The molecule has 1 unspecified atom stereocenters. The summed E-state index contributed by atoms with van der Waals surface area (Å²) in [4.78, 5) is 19.7. The fourth-order valence-electron chi connectivity index (χ4n) is 3.24. The molecule has 0 saturated carbocycles. The van der Waals surface area contributed by atoms with E-state index in [0.717, 1.165) is 44.8 Å². The number of piperazine rings is 1. The van der Waals surface area contributed by atoms with Gasteiger partial charge in [0.15, 0.2) is 0 Å². The van der Waals surface area contributed by atoms with E-state index < -0.39 is 0 Å². The van der Waals surface area contributed by atoms with Gasteiger partial charge in [-0.1, -0.05) is 51.1 Å². The van der Waals surface area contributed by atoms with E-state index >= 15 is 0 Å². The molecule has 1 aliphatic heterocycles. The van der Waals surface area contributed by atoms with E-state index in [1.165, 1.54) is 0 Å². The maximum Gasteiger partial charge on any atom is 0.244 e. The van der Waals surface area contributed by atoms with Gasteiger partial charge in [-0.3, -0.25) is 14.6 Å². The molecular weight excluding hydrogens is 286 g/mol. The number of rotatable bonds is 6. The molecule has 4 heteroatoms. The Morgan fingerprint density at radius 2 is 1.74 bits per heavy atom. The van der Waals surface area contributed by atoms with Gasteiger partial charge in [-0.15, -0.1) is 0 Å². The molecule has 1 aromatic carbocycles. The highest BCUT2D eigenvalue weighted by molar-refractivity contribution is 5.83. The van der Waals surface area contributed by atoms with Crippen molar-refractivity contribution in [1.29, 1.82) is 0 Å². The molecule has 0 aromatic heterocycles. The summed E-state index contributed by atoms with van der Waals surface area (Å²) in [5.41, 5.74) is 1.09. The van der Waals surface area contributed by atoms with Crippen LogP contribution in [0, 0.1) is 5.92 Å². The Bertz CT molecular complexity index is 481. The first-order chi connectivity index (χ1) is 11.0. The molecule has 1 aromatic rings. The van der Waals surface area contributed by atoms with E-state index in [9.17, 15) is 4.79 Å². The van der Waals surface area contributed by atoms with Crippen molar-refractivity contribution in [3.8, 4) is 0 Å². The quantitative estimate of drug-likeness (QED) is 0.806. The molecule has 0 aliphatic carbocycles. The number of carbonyl (C=O) groups is 1. The predicted molar refractivity (Wildman–Crippen MR) is 95.3 cm³/mol. The maximum absolute atomic E-state index is 13.1. The zero-order chi connectivity index (χ0) is 16.8. The van der Waals surface area contributed by atoms with E-state index in [1.54, 1.807) is 0 Å². The minimum atomic E-state index is -0.169. The van der Waals surface area contributed by atoms with Crippen LogP contribution >= 0.6 is 0 Å². The molecule has 0 spiro atoms. The van der Waals surface area contributed by atoms with E-state index in [2.05, 4.69) is 42.7 Å². The van der Waals surface area contributed by atoms with Gasteiger partial charge in [0.05, 0.1) is 0 Å². The summed E-state index contributed by atoms with van der Waals surface area (Å²) in [5, 5.41) is 0. The average Bonchev–Trinajstić information content (AvgIpc) is 2.56. The van der Waals surface area contributed by atoms with Crippen LogP contribution < -0.4 is 0 Å². The molecule has 0 bridgehead atoms. The van der Waals surface area contributed by atoms with Crippen molar-refractivity contribution in [2.45, 2.75) is 26.8 Å². The second-order valence-electron chi connectivity index (χ2n) is 6.91. The summed E-state index contributed by atoms with van der Waals surface area (Å²) in [6.45, 7) is 12.2. The largest absolute Gasteiger partial charge is 0.338 e. The van der Waals surface area contributed by atoms with Crippen molar-refractivity contribution in [2.24, 2.45) is 5.92 Å². The summed E-state index contributed by atoms with van der Waals surface area (Å²) in [6, 6.07) is 9.98. The molecule has 128 valence electrons. The van der Waals surface area contributed by atoms with Crippen molar-refractivity contribution in [1.82, 2.24) is 14.7 Å². The Morgan fingerprint density at radius 3 is 2.26 bits per heavy atom. The minimum absolute atomic E-state index is 0.169. The lowest BCUT2D eigenvalue weighted by atomic mass is 10.0. The molecule has 1 heterocycles. The first kappa shape index (κ1) is 18.0. The van der Waals surface area contributed by atoms with E-state index in [1.807, 2.05) is 30.1 Å². The lowest BCUT2D eigenvalue weighted by molar-refractivity contribution is -0.138. The molecular formula is C19H31N3O. The Morgan fingerprint density at radius 1 is 1.13 bits per heavy atom. The molecule has 23 heavy (non-hydrogen) atoms. The standard InChI is InChI=1S/C19H31N3O/c1-5-20(4)18(17-9-7-6-8-10-17)19(23)22-13-11-21(12-14-22)15-16(2)3/h6-10,16,18H,5,11-15H2,1-4H3. The third-order valence-electron chi connectivity index (χ3n) is 4.60. The van der Waals surface area contributed by atoms with Gasteiger partial charge in [0.2, 0.25) is 5.91 Å². The monoisotopic (exact) mass is 317 g/mol. The first-order valence-electron chi connectivity index (χ1n) is 8.79. The van der Waals surface area contributed by atoms with Gasteiger partial charge >= 0.3 is 0 Å². The summed E-state index contributed by atoms with van der Waals surface area (Å²) in [5.74, 6) is 0.922. The van der Waals surface area contributed by atoms with Gasteiger partial charge in [-0.25, -0.2) is 0 Å². The van der Waals surface area contributed by atoms with E-state index in [4.69, 9.17) is 0 Å². The fourth-order valence-corrected chi connectivity index (χ4v) is 3.24. The third-order valence-corrected chi connectivity index (χ3v) is 4.60. The van der Waals surface area contributed by atoms with Crippen molar-refractivity contribution < 1.29 is 4.79 Å². The van der Waals surface area contributed by atoms with E-state index in [0.29, 0.717) is 5.92 Å². The molecule has 4 nitrogen and oxygen atoms in total. The van der Waals surface area contributed by atoms with Gasteiger partial charge < -0.3 is 4.90 Å². The van der Waals surface area contributed by atoms with Crippen LogP contribution in [0.1, 0.15) is 32.4 Å². The van der Waals surface area contributed by atoms with Crippen molar-refractivity contribution in [3.05, 3.63) is 35.9 Å². The smallest absolute Gasteiger partial charge is 0.244 e. The van der Waals surface area contributed by atoms with Crippen LogP contribution in [0.4, 0.5) is 0 Å². The average molecular weight is 317 g/mol. The van der Waals surface area contributed by atoms with Crippen LogP contribution in [0.2, 0.25) is 0 Å². The van der Waals surface area contributed by atoms with Crippen LogP contribution in [-0.2, 0) is 4.79 Å². The third kappa shape index (κ3) is 4.79. The molecule has 0 radical (unpaired) electrons. The van der Waals surface area contributed by atoms with E-state index in [-0.39, 0.29) is 11.9 Å². The normalized spacial score (nSPS) is 17.7. The van der Waals surface area contributed by atoms with Gasteiger partial charge in [0.25, 0.3) is 0 Å². The number of hydrogen-bond donors (Lipinski definition) is 0. The Balaban J connectivity index is 2.04. The highest BCUT2D eigenvalue weighted by Crippen LogP contribution is 2.22. The van der Waals surface area contributed by atoms with Gasteiger partial charge in [0.1, 0.15) is 6.04 Å². The number of amides is 1. The second-order valence-corrected chi connectivity index (χ2v) is 6.91. The van der Waals surface area contributed by atoms with Crippen molar-refractivity contribution in [3.63, 3.8) is 0 Å². The predicted octanol–water partition coefficient (Wildman–Crippen LogP) is 2.48. The molecule has 1 fully saturated rings. The number of nitrogens with zero attached hydrogens (tertiary/aromatic N) is 3. The zero-order valence-electron chi connectivity index (χ0n) is 15.0. The SMILES string of the molecule is CCN(C)C(C(=O)N1CCN(CC(C)C)CC1)c1ccccc1. The van der Waals surface area contributed by atoms with Gasteiger partial charge in [-0.2, -0.15) is 0 Å². The lowest BCUT2D eigenvalue weighted by Gasteiger charge is -2.38. The summed E-state index contributed by atoms with van der Waals surface area (Å²) in [7, 11) is 2.03. The number of benzene rings is 1. The Kier molecular flexibility index (Phi) is 6.60. The van der Waals surface area contributed by atoms with Crippen LogP contribution in [0.5, 0.6) is 0 Å². The van der Waals surface area contributed by atoms with Crippen LogP contribution in [0.15, 0.2) is 30.3 Å². The second kappa shape index (κ2) is 8.46. The fraction of sp³-hybridized carbons (Fsp3) is 0.632. The highest BCUT2D eigenvalue weighted by atomic mass is 16.2. The van der Waals surface area contributed by atoms with Crippen molar-refractivity contribution >= 4 is 5.91 Å². The van der Waals surface area contributed by atoms with Gasteiger partial charge in [-0.05, 0) is 25.1 Å². The van der Waals surface area contributed by atoms with Crippen LogP contribution in [-0.4, -0.2) is 66.9 Å². The zero-order valence-corrected chi connectivity index (χ0v) is 15.0. The minimum Gasteiger partial charge on any atom is -0.338 e. The molecule has 1 amide bonds. The Hall–Kier alpha value is -1.39. The Labute approximate surface area is 141 Å². The summed E-state index contributed by atoms with van der Waals surface area (Å²) in [6.07, 6.45) is 0. The van der Waals surface area contributed by atoms with Crippen molar-refractivity contribution in [2.75, 3.05) is 46.3 Å². The molecule has 0 N–H and O–H groups in total. The first-order valence-corrected chi connectivity index (χ1v) is 8.79. The lowest BCUT2D eigenvalue weighted by Crippen LogP contribution is -2.52. The van der Waals surface area contributed by atoms with Crippen LogP contribution in [0.25, 0.3) is 0 Å². The number of carbonyl (C=O) groups excluding carboxylic acids is 1. The summed E-state index contributed by atoms with van der Waals surface area (Å²) >= 11 is 0. The van der Waals surface area contributed by atoms with Gasteiger partial charge in [0, 0.05) is 32.7 Å². The van der Waals surface area contributed by atoms with Crippen LogP contribution in [0.3, 0.4) is 0 Å². The maximum atomic E-state index is 13.1. The molecule has 1 aliphatic rings. The molecule has 2 rings (SSSR count). The topological polar surface area (TPSA) is 26.8 Å². The molecule has 1 saturated heterocycles.